The first-order valence-corrected chi connectivity index (χ1v) is 11.5. The molecule has 0 saturated heterocycles. The second-order valence-electron chi connectivity index (χ2n) is 9.26. The monoisotopic (exact) mass is 398 g/mol. The predicted octanol–water partition coefficient (Wildman–Crippen LogP) is 6.41. The van der Waals surface area contributed by atoms with Crippen LogP contribution >= 0.6 is 0 Å². The van der Waals surface area contributed by atoms with Crippen molar-refractivity contribution in [2.45, 2.75) is 99.8 Å². The first kappa shape index (κ1) is 26.9. The van der Waals surface area contributed by atoms with Gasteiger partial charge in [0.2, 0.25) is 0 Å². The minimum absolute atomic E-state index is 0.132. The zero-order valence-corrected chi connectivity index (χ0v) is 19.6. The van der Waals surface area contributed by atoms with Gasteiger partial charge in [-0.1, -0.05) is 87.0 Å². The summed E-state index contributed by atoms with van der Waals surface area (Å²) in [6, 6.07) is 0. The molecule has 3 atom stereocenters. The van der Waals surface area contributed by atoms with E-state index in [-0.39, 0.29) is 24.3 Å². The summed E-state index contributed by atoms with van der Waals surface area (Å²) in [5.74, 6) is 0.664. The van der Waals surface area contributed by atoms with Crippen LogP contribution in [0.5, 0.6) is 0 Å². The quantitative estimate of drug-likeness (QED) is 0.282. The molecule has 0 rings (SSSR count). The molecule has 0 bridgehead atoms. The molecule has 0 aliphatic heterocycles. The number of carbonyl (C=O) groups is 2. The van der Waals surface area contributed by atoms with Gasteiger partial charge in [-0.25, -0.2) is 0 Å². The largest absolute Gasteiger partial charge is 0.465 e. The van der Waals surface area contributed by atoms with E-state index in [4.69, 9.17) is 9.47 Å². The Labute approximate surface area is 174 Å². The third kappa shape index (κ3) is 13.2. The molecule has 0 aromatic carbocycles. The van der Waals surface area contributed by atoms with Crippen LogP contribution in [-0.2, 0) is 19.1 Å². The van der Waals surface area contributed by atoms with Crippen molar-refractivity contribution in [3.63, 3.8) is 0 Å². The lowest BCUT2D eigenvalue weighted by molar-refractivity contribution is -0.157. The Morgan fingerprint density at radius 1 is 0.786 bits per heavy atom. The van der Waals surface area contributed by atoms with Crippen molar-refractivity contribution in [2.24, 2.45) is 29.6 Å². The Hall–Kier alpha value is -1.06. The summed E-state index contributed by atoms with van der Waals surface area (Å²) in [6.45, 7) is 15.6. The maximum absolute atomic E-state index is 12.7. The van der Waals surface area contributed by atoms with Crippen molar-refractivity contribution in [3.05, 3.63) is 0 Å². The van der Waals surface area contributed by atoms with Gasteiger partial charge >= 0.3 is 11.9 Å². The average molecular weight is 399 g/mol. The Kier molecular flexibility index (Phi) is 15.2. The number of rotatable bonds is 16. The molecule has 0 aliphatic carbocycles. The highest BCUT2D eigenvalue weighted by Gasteiger charge is 2.30. The standard InChI is InChI=1S/C24H46O4/c1-8-10-12-20(7)21(13-11-9-2)14-22(24(26)28-17-19(5)6)15-23(25)27-16-18(3)4/h18-22H,8-17H2,1-7H3. The highest BCUT2D eigenvalue weighted by atomic mass is 16.5. The lowest BCUT2D eigenvalue weighted by Gasteiger charge is -2.27. The normalized spacial score (nSPS) is 14.8. The molecule has 0 N–H and O–H groups in total. The lowest BCUT2D eigenvalue weighted by Crippen LogP contribution is -2.28. The summed E-state index contributed by atoms with van der Waals surface area (Å²) in [4.78, 5) is 25.0. The third-order valence-electron chi connectivity index (χ3n) is 5.22. The zero-order valence-electron chi connectivity index (χ0n) is 19.6. The van der Waals surface area contributed by atoms with Crippen molar-refractivity contribution < 1.29 is 19.1 Å². The van der Waals surface area contributed by atoms with E-state index in [1.807, 2.05) is 27.7 Å². The van der Waals surface area contributed by atoms with Gasteiger partial charge in [0.25, 0.3) is 0 Å². The van der Waals surface area contributed by atoms with Crippen LogP contribution in [0.15, 0.2) is 0 Å². The molecular formula is C24H46O4. The van der Waals surface area contributed by atoms with Crippen LogP contribution in [0, 0.1) is 29.6 Å². The van der Waals surface area contributed by atoms with Gasteiger partial charge in [-0.3, -0.25) is 9.59 Å². The van der Waals surface area contributed by atoms with E-state index in [0.717, 1.165) is 25.7 Å². The molecular weight excluding hydrogens is 352 g/mol. The SMILES string of the molecule is CCCCC(C)C(CCCC)CC(CC(=O)OCC(C)C)C(=O)OCC(C)C. The second kappa shape index (κ2) is 15.8. The van der Waals surface area contributed by atoms with E-state index in [1.54, 1.807) is 0 Å². The first-order chi connectivity index (χ1) is 13.2. The van der Waals surface area contributed by atoms with Crippen molar-refractivity contribution in [1.82, 2.24) is 0 Å². The van der Waals surface area contributed by atoms with Crippen LogP contribution in [0.2, 0.25) is 0 Å². The highest BCUT2D eigenvalue weighted by Crippen LogP contribution is 2.31. The van der Waals surface area contributed by atoms with Gasteiger partial charge in [-0.05, 0) is 30.1 Å². The maximum Gasteiger partial charge on any atom is 0.309 e. The minimum atomic E-state index is -0.399. The third-order valence-corrected chi connectivity index (χ3v) is 5.22. The Balaban J connectivity index is 5.12. The molecule has 4 heteroatoms. The number of ether oxygens (including phenoxy) is 2. The second-order valence-corrected chi connectivity index (χ2v) is 9.26. The smallest absolute Gasteiger partial charge is 0.309 e. The fraction of sp³-hybridized carbons (Fsp3) is 0.917. The number of carbonyl (C=O) groups excluding carboxylic acids is 2. The molecule has 0 amide bonds. The van der Waals surface area contributed by atoms with Crippen LogP contribution < -0.4 is 0 Å². The zero-order chi connectivity index (χ0) is 21.5. The number of esters is 2. The lowest BCUT2D eigenvalue weighted by atomic mass is 9.79. The van der Waals surface area contributed by atoms with E-state index in [0.29, 0.717) is 31.0 Å². The summed E-state index contributed by atoms with van der Waals surface area (Å²) in [5, 5.41) is 0. The molecule has 0 heterocycles. The summed E-state index contributed by atoms with van der Waals surface area (Å²) in [5.41, 5.74) is 0. The summed E-state index contributed by atoms with van der Waals surface area (Å²) < 4.78 is 10.9. The fourth-order valence-electron chi connectivity index (χ4n) is 3.38. The van der Waals surface area contributed by atoms with E-state index in [2.05, 4.69) is 20.8 Å². The van der Waals surface area contributed by atoms with Crippen LogP contribution in [0.1, 0.15) is 99.8 Å². The van der Waals surface area contributed by atoms with Crippen molar-refractivity contribution in [1.29, 1.82) is 0 Å². The fourth-order valence-corrected chi connectivity index (χ4v) is 3.38. The summed E-state index contributed by atoms with van der Waals surface area (Å²) >= 11 is 0. The van der Waals surface area contributed by atoms with Gasteiger partial charge in [-0.15, -0.1) is 0 Å². The van der Waals surface area contributed by atoms with E-state index >= 15 is 0 Å². The summed E-state index contributed by atoms with van der Waals surface area (Å²) in [7, 11) is 0. The van der Waals surface area contributed by atoms with Crippen LogP contribution in [0.3, 0.4) is 0 Å². The van der Waals surface area contributed by atoms with Gasteiger partial charge in [-0.2, -0.15) is 0 Å². The Bertz CT molecular complexity index is 417. The molecule has 166 valence electrons. The predicted molar refractivity (Wildman–Crippen MR) is 116 cm³/mol. The first-order valence-electron chi connectivity index (χ1n) is 11.5. The van der Waals surface area contributed by atoms with Crippen LogP contribution in [0.4, 0.5) is 0 Å². The molecule has 4 nitrogen and oxygen atoms in total. The molecule has 0 fully saturated rings. The number of hydrogen-bond acceptors (Lipinski definition) is 4. The molecule has 0 spiro atoms. The summed E-state index contributed by atoms with van der Waals surface area (Å²) in [6.07, 6.45) is 7.84. The maximum atomic E-state index is 12.7. The Morgan fingerprint density at radius 2 is 1.32 bits per heavy atom. The molecule has 28 heavy (non-hydrogen) atoms. The molecule has 0 aromatic heterocycles. The van der Waals surface area contributed by atoms with Gasteiger partial charge < -0.3 is 9.47 Å². The van der Waals surface area contributed by atoms with E-state index in [9.17, 15) is 9.59 Å². The van der Waals surface area contributed by atoms with Gasteiger partial charge in [0.1, 0.15) is 0 Å². The molecule has 0 radical (unpaired) electrons. The topological polar surface area (TPSA) is 52.6 Å². The van der Waals surface area contributed by atoms with E-state index < -0.39 is 5.92 Å². The highest BCUT2D eigenvalue weighted by molar-refractivity contribution is 5.80. The average Bonchev–Trinajstić information content (AvgIpc) is 2.64. The van der Waals surface area contributed by atoms with Gasteiger partial charge in [0.15, 0.2) is 0 Å². The number of hydrogen-bond donors (Lipinski definition) is 0. The minimum Gasteiger partial charge on any atom is -0.465 e. The van der Waals surface area contributed by atoms with Gasteiger partial charge in [0, 0.05) is 0 Å². The number of unbranched alkanes of at least 4 members (excludes halogenated alkanes) is 2. The Morgan fingerprint density at radius 3 is 1.86 bits per heavy atom. The van der Waals surface area contributed by atoms with Crippen LogP contribution in [0.25, 0.3) is 0 Å². The molecule has 0 saturated carbocycles. The van der Waals surface area contributed by atoms with Crippen molar-refractivity contribution in [2.75, 3.05) is 13.2 Å². The molecule has 0 aliphatic rings. The molecule has 0 aromatic rings. The van der Waals surface area contributed by atoms with Crippen LogP contribution in [-0.4, -0.2) is 25.2 Å². The van der Waals surface area contributed by atoms with Crippen molar-refractivity contribution in [3.8, 4) is 0 Å². The van der Waals surface area contributed by atoms with E-state index in [1.165, 1.54) is 19.3 Å². The van der Waals surface area contributed by atoms with Gasteiger partial charge in [0.05, 0.1) is 25.6 Å². The van der Waals surface area contributed by atoms with Crippen molar-refractivity contribution >= 4 is 11.9 Å². The molecule has 3 unspecified atom stereocenters.